The normalized spacial score (nSPS) is 11.1. The minimum Gasteiger partial charge on any atom is -0.423 e. The lowest BCUT2D eigenvalue weighted by molar-refractivity contribution is -0.128. The standard InChI is InChI=1S/C28H27NO3/c1-3-21-5-9-23(10-6-21)13-19-27(30)29-25-15-17-26(18-16-25)32-28(31)20-14-24-11-7-22(4-2)8-12-24/h5-20H,3-4H2,1-2H3,(H,29,30)/b19-13+,20-14-. The number of hydrogen-bond donors (Lipinski definition) is 1. The molecule has 0 heterocycles. The summed E-state index contributed by atoms with van der Waals surface area (Å²) < 4.78 is 5.31. The van der Waals surface area contributed by atoms with Crippen LogP contribution in [-0.4, -0.2) is 11.9 Å². The minimum absolute atomic E-state index is 0.230. The molecule has 0 radical (unpaired) electrons. The molecule has 1 amide bonds. The van der Waals surface area contributed by atoms with Crippen molar-refractivity contribution in [3.8, 4) is 5.75 Å². The summed E-state index contributed by atoms with van der Waals surface area (Å²) in [5.41, 5.74) is 5.03. The fourth-order valence-electron chi connectivity index (χ4n) is 3.01. The van der Waals surface area contributed by atoms with E-state index in [1.54, 1.807) is 36.4 Å². The van der Waals surface area contributed by atoms with Crippen molar-refractivity contribution in [3.05, 3.63) is 107 Å². The highest BCUT2D eigenvalue weighted by Gasteiger charge is 2.03. The van der Waals surface area contributed by atoms with Crippen molar-refractivity contribution < 1.29 is 14.3 Å². The number of esters is 1. The largest absolute Gasteiger partial charge is 0.423 e. The molecular weight excluding hydrogens is 398 g/mol. The molecule has 0 atom stereocenters. The molecule has 3 aromatic rings. The summed E-state index contributed by atoms with van der Waals surface area (Å²) in [4.78, 5) is 24.2. The van der Waals surface area contributed by atoms with E-state index in [1.807, 2.05) is 36.4 Å². The molecule has 162 valence electrons. The van der Waals surface area contributed by atoms with Gasteiger partial charge in [-0.1, -0.05) is 62.4 Å². The Morgan fingerprint density at radius 1 is 0.719 bits per heavy atom. The van der Waals surface area contributed by atoms with E-state index in [1.165, 1.54) is 23.3 Å². The maximum atomic E-state index is 12.1. The Labute approximate surface area is 189 Å². The molecule has 0 aromatic heterocycles. The van der Waals surface area contributed by atoms with Crippen LogP contribution in [0.15, 0.2) is 84.9 Å². The highest BCUT2D eigenvalue weighted by Crippen LogP contribution is 2.16. The third-order valence-corrected chi connectivity index (χ3v) is 4.96. The SMILES string of the molecule is CCc1ccc(/C=C\C(=O)Oc2ccc(NC(=O)/C=C/c3ccc(CC)cc3)cc2)cc1. The van der Waals surface area contributed by atoms with E-state index in [9.17, 15) is 9.59 Å². The van der Waals surface area contributed by atoms with E-state index < -0.39 is 5.97 Å². The quantitative estimate of drug-likeness (QED) is 0.270. The van der Waals surface area contributed by atoms with Crippen LogP contribution in [0.1, 0.15) is 36.1 Å². The van der Waals surface area contributed by atoms with E-state index in [0.717, 1.165) is 24.0 Å². The molecule has 3 rings (SSSR count). The van der Waals surface area contributed by atoms with Crippen molar-refractivity contribution in [1.82, 2.24) is 0 Å². The van der Waals surface area contributed by atoms with Crippen LogP contribution in [0.2, 0.25) is 0 Å². The van der Waals surface area contributed by atoms with E-state index in [2.05, 4.69) is 31.3 Å². The molecule has 32 heavy (non-hydrogen) atoms. The van der Waals surface area contributed by atoms with Gasteiger partial charge in [0.2, 0.25) is 5.91 Å². The Bertz CT molecular complexity index is 1000. The summed E-state index contributed by atoms with van der Waals surface area (Å²) in [5, 5.41) is 2.79. The lowest BCUT2D eigenvalue weighted by Crippen LogP contribution is -2.08. The molecule has 1 N–H and O–H groups in total. The Hall–Kier alpha value is -3.92. The van der Waals surface area contributed by atoms with Crippen molar-refractivity contribution in [2.45, 2.75) is 26.7 Å². The maximum absolute atomic E-state index is 12.1. The molecule has 3 aromatic carbocycles. The number of anilines is 1. The molecule has 0 aliphatic carbocycles. The van der Waals surface area contributed by atoms with Gasteiger partial charge in [-0.2, -0.15) is 0 Å². The van der Waals surface area contributed by atoms with Gasteiger partial charge in [0.05, 0.1) is 0 Å². The third-order valence-electron chi connectivity index (χ3n) is 4.96. The smallest absolute Gasteiger partial charge is 0.336 e. The summed E-state index contributed by atoms with van der Waals surface area (Å²) in [6.45, 7) is 4.20. The molecule has 0 fully saturated rings. The third kappa shape index (κ3) is 7.10. The first kappa shape index (κ1) is 22.8. The molecule has 0 saturated heterocycles. The van der Waals surface area contributed by atoms with Gasteiger partial charge in [-0.3, -0.25) is 4.79 Å². The first-order chi connectivity index (χ1) is 15.6. The second kappa shape index (κ2) is 11.5. The van der Waals surface area contributed by atoms with Crippen molar-refractivity contribution >= 4 is 29.7 Å². The van der Waals surface area contributed by atoms with Crippen LogP contribution in [-0.2, 0) is 22.4 Å². The van der Waals surface area contributed by atoms with Crippen molar-refractivity contribution in [3.63, 3.8) is 0 Å². The molecule has 4 nitrogen and oxygen atoms in total. The van der Waals surface area contributed by atoms with Crippen LogP contribution in [0.25, 0.3) is 12.2 Å². The van der Waals surface area contributed by atoms with Gasteiger partial charge in [-0.15, -0.1) is 0 Å². The number of aryl methyl sites for hydroxylation is 2. The van der Waals surface area contributed by atoms with Gasteiger partial charge in [-0.25, -0.2) is 4.79 Å². The summed E-state index contributed by atoms with van der Waals surface area (Å²) in [7, 11) is 0. The van der Waals surface area contributed by atoms with E-state index in [-0.39, 0.29) is 5.91 Å². The highest BCUT2D eigenvalue weighted by molar-refractivity contribution is 6.02. The van der Waals surface area contributed by atoms with Crippen molar-refractivity contribution in [2.24, 2.45) is 0 Å². The molecule has 0 spiro atoms. The number of nitrogens with one attached hydrogen (secondary N) is 1. The average molecular weight is 426 g/mol. The van der Waals surface area contributed by atoms with Gasteiger partial charge in [0.25, 0.3) is 0 Å². The van der Waals surface area contributed by atoms with E-state index in [0.29, 0.717) is 11.4 Å². The zero-order valence-electron chi connectivity index (χ0n) is 18.4. The molecule has 4 heteroatoms. The van der Waals surface area contributed by atoms with Crippen LogP contribution in [0.3, 0.4) is 0 Å². The maximum Gasteiger partial charge on any atom is 0.336 e. The van der Waals surface area contributed by atoms with Crippen LogP contribution in [0, 0.1) is 0 Å². The van der Waals surface area contributed by atoms with Gasteiger partial charge < -0.3 is 10.1 Å². The molecule has 0 aliphatic heterocycles. The minimum atomic E-state index is -0.460. The lowest BCUT2D eigenvalue weighted by Gasteiger charge is -2.05. The van der Waals surface area contributed by atoms with Crippen molar-refractivity contribution in [1.29, 1.82) is 0 Å². The van der Waals surface area contributed by atoms with Gasteiger partial charge >= 0.3 is 5.97 Å². The fraction of sp³-hybridized carbons (Fsp3) is 0.143. The lowest BCUT2D eigenvalue weighted by atomic mass is 10.1. The monoisotopic (exact) mass is 425 g/mol. The van der Waals surface area contributed by atoms with Gasteiger partial charge in [0.15, 0.2) is 0 Å². The molecule has 0 bridgehead atoms. The Kier molecular flexibility index (Phi) is 8.15. The molecule has 0 aliphatic rings. The summed E-state index contributed by atoms with van der Waals surface area (Å²) in [6.07, 6.45) is 8.34. The fourth-order valence-corrected chi connectivity index (χ4v) is 3.01. The Morgan fingerprint density at radius 2 is 1.22 bits per heavy atom. The zero-order valence-corrected chi connectivity index (χ0v) is 18.4. The topological polar surface area (TPSA) is 55.4 Å². The Balaban J connectivity index is 1.50. The summed E-state index contributed by atoms with van der Waals surface area (Å²) in [5.74, 6) is -0.282. The average Bonchev–Trinajstić information content (AvgIpc) is 2.83. The van der Waals surface area contributed by atoms with Gasteiger partial charge in [0, 0.05) is 17.8 Å². The summed E-state index contributed by atoms with van der Waals surface area (Å²) >= 11 is 0. The number of ether oxygens (including phenoxy) is 1. The van der Waals surface area contributed by atoms with Crippen molar-refractivity contribution in [2.75, 3.05) is 5.32 Å². The highest BCUT2D eigenvalue weighted by atomic mass is 16.5. The zero-order chi connectivity index (χ0) is 22.8. The van der Waals surface area contributed by atoms with Crippen LogP contribution in [0.5, 0.6) is 5.75 Å². The van der Waals surface area contributed by atoms with Gasteiger partial charge in [-0.05, 0) is 71.5 Å². The molecule has 0 unspecified atom stereocenters. The van der Waals surface area contributed by atoms with Crippen LogP contribution < -0.4 is 10.1 Å². The predicted molar refractivity (Wildman–Crippen MR) is 130 cm³/mol. The number of benzene rings is 3. The first-order valence-corrected chi connectivity index (χ1v) is 10.7. The predicted octanol–water partition coefficient (Wildman–Crippen LogP) is 6.08. The molecule has 0 saturated carbocycles. The van der Waals surface area contributed by atoms with E-state index in [4.69, 9.17) is 4.74 Å². The number of rotatable bonds is 8. The van der Waals surface area contributed by atoms with Crippen LogP contribution >= 0.6 is 0 Å². The summed E-state index contributed by atoms with van der Waals surface area (Å²) in [6, 6.07) is 22.8. The number of carbonyl (C=O) groups excluding carboxylic acids is 2. The second-order valence-corrected chi connectivity index (χ2v) is 7.29. The van der Waals surface area contributed by atoms with E-state index >= 15 is 0 Å². The second-order valence-electron chi connectivity index (χ2n) is 7.29. The number of amides is 1. The van der Waals surface area contributed by atoms with Crippen LogP contribution in [0.4, 0.5) is 5.69 Å². The first-order valence-electron chi connectivity index (χ1n) is 10.7. The molecular formula is C28H27NO3. The number of carbonyl (C=O) groups is 2. The Morgan fingerprint density at radius 3 is 1.72 bits per heavy atom. The van der Waals surface area contributed by atoms with Gasteiger partial charge in [0.1, 0.15) is 5.75 Å². The number of hydrogen-bond acceptors (Lipinski definition) is 3.